The summed E-state index contributed by atoms with van der Waals surface area (Å²) in [7, 11) is 0. The number of nitrogens with one attached hydrogen (secondary N) is 1. The van der Waals surface area contributed by atoms with Gasteiger partial charge in [-0.2, -0.15) is 0 Å². The van der Waals surface area contributed by atoms with Crippen LogP contribution in [0.5, 0.6) is 5.75 Å². The van der Waals surface area contributed by atoms with Gasteiger partial charge in [0, 0.05) is 12.5 Å². The van der Waals surface area contributed by atoms with Crippen LogP contribution in [-0.4, -0.2) is 23.5 Å². The summed E-state index contributed by atoms with van der Waals surface area (Å²) < 4.78 is 11.6. The number of thiazole rings is 1. The van der Waals surface area contributed by atoms with E-state index in [-0.39, 0.29) is 0 Å². The van der Waals surface area contributed by atoms with Gasteiger partial charge in [0.05, 0.1) is 16.8 Å². The first-order chi connectivity index (χ1) is 12.6. The van der Waals surface area contributed by atoms with Crippen LogP contribution in [0.4, 0.5) is 5.13 Å². The van der Waals surface area contributed by atoms with E-state index in [0.29, 0.717) is 17.3 Å². The molecule has 1 heterocycles. The van der Waals surface area contributed by atoms with Crippen molar-refractivity contribution in [3.63, 3.8) is 0 Å². The summed E-state index contributed by atoms with van der Waals surface area (Å²) in [5, 5.41) is 3.17. The van der Waals surface area contributed by atoms with Crippen LogP contribution in [0.3, 0.4) is 0 Å². The lowest BCUT2D eigenvalue weighted by Crippen LogP contribution is -2.25. The number of benzene rings is 2. The maximum Gasteiger partial charge on any atom is 0.303 e. The Labute approximate surface area is 154 Å². The first kappa shape index (κ1) is 17.9. The molecule has 0 spiro atoms. The minimum atomic E-state index is -1.03. The number of carbonyl (C=O) groups excluding carboxylic acids is 2. The average Bonchev–Trinajstić information content (AvgIpc) is 3.02. The van der Waals surface area contributed by atoms with E-state index in [0.717, 1.165) is 16.0 Å². The zero-order valence-corrected chi connectivity index (χ0v) is 15.2. The van der Waals surface area contributed by atoms with Crippen molar-refractivity contribution in [2.75, 3.05) is 11.9 Å². The van der Waals surface area contributed by atoms with Gasteiger partial charge in [0.15, 0.2) is 5.13 Å². The number of esters is 1. The highest BCUT2D eigenvalue weighted by Gasteiger charge is 2.24. The Kier molecular flexibility index (Phi) is 5.48. The molecule has 0 aliphatic carbocycles. The topological polar surface area (TPSA) is 77.5 Å². The summed E-state index contributed by atoms with van der Waals surface area (Å²) in [6.07, 6.45) is -1.03. The standard InChI is InChI=1S/C19H18N2O4S/c1-3-24-14-9-10-15-16(11-14)26-19(20-15)21-18(23)17(25-12(2)22)13-7-5-4-6-8-13/h4-11,17H,3H2,1-2H3,(H,20,21,23)/t17-/m0/s1. The van der Waals surface area contributed by atoms with Crippen molar-refractivity contribution in [2.24, 2.45) is 0 Å². The maximum absolute atomic E-state index is 12.6. The fourth-order valence-corrected chi connectivity index (χ4v) is 3.35. The van der Waals surface area contributed by atoms with E-state index in [1.807, 2.05) is 31.2 Å². The zero-order valence-electron chi connectivity index (χ0n) is 14.4. The molecular formula is C19H18N2O4S. The molecule has 1 amide bonds. The monoisotopic (exact) mass is 370 g/mol. The van der Waals surface area contributed by atoms with Gasteiger partial charge in [-0.1, -0.05) is 41.7 Å². The van der Waals surface area contributed by atoms with Crippen molar-refractivity contribution >= 4 is 38.6 Å². The Morgan fingerprint density at radius 2 is 1.96 bits per heavy atom. The SMILES string of the molecule is CCOc1ccc2nc(NC(=O)[C@@H](OC(C)=O)c3ccccc3)sc2c1. The Morgan fingerprint density at radius 1 is 1.19 bits per heavy atom. The minimum Gasteiger partial charge on any atom is -0.494 e. The predicted octanol–water partition coefficient (Wildman–Crippen LogP) is 3.94. The zero-order chi connectivity index (χ0) is 18.5. The Bertz CT molecular complexity index is 924. The second-order valence-electron chi connectivity index (χ2n) is 5.47. The average molecular weight is 370 g/mol. The van der Waals surface area contributed by atoms with Crippen LogP contribution in [-0.2, 0) is 14.3 Å². The van der Waals surface area contributed by atoms with Crippen LogP contribution in [0.15, 0.2) is 48.5 Å². The number of fused-ring (bicyclic) bond motifs is 1. The largest absolute Gasteiger partial charge is 0.494 e. The summed E-state index contributed by atoms with van der Waals surface area (Å²) in [5.74, 6) is -0.223. The third-order valence-corrected chi connectivity index (χ3v) is 4.46. The fraction of sp³-hybridized carbons (Fsp3) is 0.211. The molecule has 7 heteroatoms. The Balaban J connectivity index is 1.82. The van der Waals surface area contributed by atoms with Crippen LogP contribution in [0, 0.1) is 0 Å². The molecule has 3 aromatic rings. The van der Waals surface area contributed by atoms with Crippen LogP contribution >= 0.6 is 11.3 Å². The van der Waals surface area contributed by atoms with Crippen molar-refractivity contribution < 1.29 is 19.1 Å². The number of anilines is 1. The van der Waals surface area contributed by atoms with E-state index in [4.69, 9.17) is 9.47 Å². The third kappa shape index (κ3) is 4.18. The molecule has 0 fully saturated rings. The Morgan fingerprint density at radius 3 is 2.65 bits per heavy atom. The first-order valence-corrected chi connectivity index (χ1v) is 8.95. The van der Waals surface area contributed by atoms with Gasteiger partial charge < -0.3 is 9.47 Å². The second-order valence-corrected chi connectivity index (χ2v) is 6.50. The van der Waals surface area contributed by atoms with Gasteiger partial charge in [-0.25, -0.2) is 4.98 Å². The van der Waals surface area contributed by atoms with Gasteiger partial charge in [-0.15, -0.1) is 0 Å². The summed E-state index contributed by atoms with van der Waals surface area (Å²) in [6.45, 7) is 3.77. The molecule has 0 unspecified atom stereocenters. The van der Waals surface area contributed by atoms with Crippen molar-refractivity contribution in [3.8, 4) is 5.75 Å². The van der Waals surface area contributed by atoms with Crippen LogP contribution in [0.1, 0.15) is 25.5 Å². The molecule has 2 aromatic carbocycles. The number of rotatable bonds is 6. The molecule has 3 rings (SSSR count). The summed E-state index contributed by atoms with van der Waals surface area (Å²) >= 11 is 1.33. The number of hydrogen-bond acceptors (Lipinski definition) is 6. The van der Waals surface area contributed by atoms with E-state index in [1.165, 1.54) is 18.3 Å². The van der Waals surface area contributed by atoms with E-state index >= 15 is 0 Å². The number of ether oxygens (including phenoxy) is 2. The molecular weight excluding hydrogens is 352 g/mol. The molecule has 6 nitrogen and oxygen atoms in total. The highest BCUT2D eigenvalue weighted by Crippen LogP contribution is 2.30. The van der Waals surface area contributed by atoms with Gasteiger partial charge in [0.1, 0.15) is 5.75 Å². The van der Waals surface area contributed by atoms with E-state index in [1.54, 1.807) is 24.3 Å². The molecule has 134 valence electrons. The molecule has 1 atom stereocenters. The van der Waals surface area contributed by atoms with Crippen LogP contribution < -0.4 is 10.1 Å². The number of nitrogens with zero attached hydrogens (tertiary/aromatic N) is 1. The second kappa shape index (κ2) is 7.97. The molecule has 0 aliphatic heterocycles. The molecule has 0 radical (unpaired) electrons. The molecule has 0 aliphatic rings. The maximum atomic E-state index is 12.6. The molecule has 1 N–H and O–H groups in total. The van der Waals surface area contributed by atoms with Gasteiger partial charge >= 0.3 is 5.97 Å². The lowest BCUT2D eigenvalue weighted by atomic mass is 10.1. The molecule has 0 saturated carbocycles. The van der Waals surface area contributed by atoms with Crippen LogP contribution in [0.25, 0.3) is 10.2 Å². The number of aromatic nitrogens is 1. The highest BCUT2D eigenvalue weighted by atomic mass is 32.1. The Hall–Kier alpha value is -2.93. The van der Waals surface area contributed by atoms with Gasteiger partial charge in [-0.3, -0.25) is 14.9 Å². The van der Waals surface area contributed by atoms with E-state index in [2.05, 4.69) is 10.3 Å². The van der Waals surface area contributed by atoms with Gasteiger partial charge in [0.2, 0.25) is 6.10 Å². The number of amides is 1. The van der Waals surface area contributed by atoms with Crippen molar-refractivity contribution in [3.05, 3.63) is 54.1 Å². The number of carbonyl (C=O) groups is 2. The molecule has 26 heavy (non-hydrogen) atoms. The lowest BCUT2D eigenvalue weighted by Gasteiger charge is -2.16. The van der Waals surface area contributed by atoms with E-state index < -0.39 is 18.0 Å². The van der Waals surface area contributed by atoms with E-state index in [9.17, 15) is 9.59 Å². The van der Waals surface area contributed by atoms with Crippen LogP contribution in [0.2, 0.25) is 0 Å². The lowest BCUT2D eigenvalue weighted by molar-refractivity contribution is -0.152. The highest BCUT2D eigenvalue weighted by molar-refractivity contribution is 7.22. The normalized spacial score (nSPS) is 11.8. The van der Waals surface area contributed by atoms with Gasteiger partial charge in [0.25, 0.3) is 5.91 Å². The first-order valence-electron chi connectivity index (χ1n) is 8.13. The summed E-state index contributed by atoms with van der Waals surface area (Å²) in [5.41, 5.74) is 1.36. The third-order valence-electron chi connectivity index (χ3n) is 3.53. The molecule has 1 aromatic heterocycles. The predicted molar refractivity (Wildman–Crippen MR) is 100 cm³/mol. The molecule has 0 bridgehead atoms. The van der Waals surface area contributed by atoms with Crippen molar-refractivity contribution in [2.45, 2.75) is 20.0 Å². The van der Waals surface area contributed by atoms with Crippen molar-refractivity contribution in [1.82, 2.24) is 4.98 Å². The minimum absolute atomic E-state index is 0.437. The fourth-order valence-electron chi connectivity index (χ4n) is 2.45. The number of hydrogen-bond donors (Lipinski definition) is 1. The quantitative estimate of drug-likeness (QED) is 0.665. The summed E-state index contributed by atoms with van der Waals surface area (Å²) in [4.78, 5) is 28.4. The molecule has 0 saturated heterocycles. The van der Waals surface area contributed by atoms with Crippen molar-refractivity contribution in [1.29, 1.82) is 0 Å². The summed E-state index contributed by atoms with van der Waals surface area (Å²) in [6, 6.07) is 14.4. The van der Waals surface area contributed by atoms with Gasteiger partial charge in [-0.05, 0) is 25.1 Å². The smallest absolute Gasteiger partial charge is 0.303 e.